The van der Waals surface area contributed by atoms with E-state index in [0.29, 0.717) is 12.3 Å². The van der Waals surface area contributed by atoms with Crippen molar-refractivity contribution in [1.29, 1.82) is 0 Å². The largest absolute Gasteiger partial charge is 0.394 e. The van der Waals surface area contributed by atoms with Gasteiger partial charge in [0.15, 0.2) is 0 Å². The van der Waals surface area contributed by atoms with Gasteiger partial charge in [-0.3, -0.25) is 4.79 Å². The third-order valence-corrected chi connectivity index (χ3v) is 3.15. The fourth-order valence-corrected chi connectivity index (χ4v) is 2.01. The van der Waals surface area contributed by atoms with Gasteiger partial charge in [0.2, 0.25) is 5.91 Å². The SMILES string of the molecule is CNC(=O)CC(C)NC(C)(CO)C1CC1. The highest BCUT2D eigenvalue weighted by Crippen LogP contribution is 2.39. The molecule has 0 spiro atoms. The third kappa shape index (κ3) is 3.47. The summed E-state index contributed by atoms with van der Waals surface area (Å²) >= 11 is 0. The maximum atomic E-state index is 11.2. The van der Waals surface area contributed by atoms with Gasteiger partial charge in [0, 0.05) is 25.0 Å². The number of hydrogen-bond donors (Lipinski definition) is 3. The number of aliphatic hydroxyl groups excluding tert-OH is 1. The number of amides is 1. The van der Waals surface area contributed by atoms with Crippen molar-refractivity contribution in [3.63, 3.8) is 0 Å². The fraction of sp³-hybridized carbons (Fsp3) is 0.909. The molecule has 1 fully saturated rings. The fourth-order valence-electron chi connectivity index (χ4n) is 2.01. The lowest BCUT2D eigenvalue weighted by Crippen LogP contribution is -2.52. The van der Waals surface area contributed by atoms with E-state index in [9.17, 15) is 9.90 Å². The van der Waals surface area contributed by atoms with Crippen LogP contribution in [-0.2, 0) is 4.79 Å². The Hall–Kier alpha value is -0.610. The van der Waals surface area contributed by atoms with Crippen molar-refractivity contribution in [2.75, 3.05) is 13.7 Å². The van der Waals surface area contributed by atoms with Gasteiger partial charge in [0.1, 0.15) is 0 Å². The molecule has 0 radical (unpaired) electrons. The maximum absolute atomic E-state index is 11.2. The van der Waals surface area contributed by atoms with E-state index in [0.717, 1.165) is 0 Å². The molecule has 3 N–H and O–H groups in total. The lowest BCUT2D eigenvalue weighted by Gasteiger charge is -2.32. The Morgan fingerprint density at radius 2 is 2.20 bits per heavy atom. The Morgan fingerprint density at radius 1 is 1.60 bits per heavy atom. The predicted molar refractivity (Wildman–Crippen MR) is 59.5 cm³/mol. The van der Waals surface area contributed by atoms with Gasteiger partial charge in [-0.1, -0.05) is 0 Å². The van der Waals surface area contributed by atoms with Crippen molar-refractivity contribution in [2.45, 2.75) is 44.7 Å². The van der Waals surface area contributed by atoms with E-state index >= 15 is 0 Å². The molecule has 88 valence electrons. The number of nitrogens with one attached hydrogen (secondary N) is 2. The molecule has 4 heteroatoms. The van der Waals surface area contributed by atoms with Crippen LogP contribution in [0.5, 0.6) is 0 Å². The summed E-state index contributed by atoms with van der Waals surface area (Å²) in [6, 6.07) is 0.0997. The molecule has 2 atom stereocenters. The van der Waals surface area contributed by atoms with E-state index in [-0.39, 0.29) is 24.1 Å². The zero-order valence-corrected chi connectivity index (χ0v) is 9.84. The van der Waals surface area contributed by atoms with Crippen molar-refractivity contribution >= 4 is 5.91 Å². The van der Waals surface area contributed by atoms with Crippen LogP contribution in [0.15, 0.2) is 0 Å². The van der Waals surface area contributed by atoms with Gasteiger partial charge in [0.05, 0.1) is 6.61 Å². The molecule has 0 heterocycles. The molecule has 1 aliphatic rings. The second-order valence-electron chi connectivity index (χ2n) is 4.77. The van der Waals surface area contributed by atoms with Crippen LogP contribution in [0.2, 0.25) is 0 Å². The van der Waals surface area contributed by atoms with Crippen molar-refractivity contribution < 1.29 is 9.90 Å². The molecular formula is C11H22N2O2. The summed E-state index contributed by atoms with van der Waals surface area (Å²) < 4.78 is 0. The van der Waals surface area contributed by atoms with Crippen LogP contribution >= 0.6 is 0 Å². The van der Waals surface area contributed by atoms with Gasteiger partial charge >= 0.3 is 0 Å². The van der Waals surface area contributed by atoms with E-state index in [1.807, 2.05) is 13.8 Å². The molecule has 0 aromatic heterocycles. The molecule has 0 bridgehead atoms. The Balaban J connectivity index is 2.40. The molecule has 1 amide bonds. The summed E-state index contributed by atoms with van der Waals surface area (Å²) in [5, 5.41) is 15.3. The number of carbonyl (C=O) groups excluding carboxylic acids is 1. The van der Waals surface area contributed by atoms with Gasteiger partial charge in [0.25, 0.3) is 0 Å². The minimum Gasteiger partial charge on any atom is -0.394 e. The highest BCUT2D eigenvalue weighted by molar-refractivity contribution is 5.76. The number of carbonyl (C=O) groups is 1. The van der Waals surface area contributed by atoms with E-state index in [4.69, 9.17) is 0 Å². The van der Waals surface area contributed by atoms with Crippen LogP contribution in [0.25, 0.3) is 0 Å². The third-order valence-electron chi connectivity index (χ3n) is 3.15. The molecular weight excluding hydrogens is 192 g/mol. The van der Waals surface area contributed by atoms with Crippen LogP contribution < -0.4 is 10.6 Å². The topological polar surface area (TPSA) is 61.4 Å². The molecule has 0 aliphatic heterocycles. The number of rotatable bonds is 6. The van der Waals surface area contributed by atoms with E-state index in [2.05, 4.69) is 10.6 Å². The first-order valence-corrected chi connectivity index (χ1v) is 5.61. The predicted octanol–water partition coefficient (Wildman–Crippen LogP) is 0.262. The van der Waals surface area contributed by atoms with E-state index < -0.39 is 0 Å². The lowest BCUT2D eigenvalue weighted by atomic mass is 9.95. The molecule has 0 aromatic rings. The van der Waals surface area contributed by atoms with Crippen molar-refractivity contribution in [2.24, 2.45) is 5.92 Å². The monoisotopic (exact) mass is 214 g/mol. The Labute approximate surface area is 91.4 Å². The first-order chi connectivity index (χ1) is 7.01. The molecule has 0 aromatic carbocycles. The van der Waals surface area contributed by atoms with Gasteiger partial charge in [-0.2, -0.15) is 0 Å². The zero-order chi connectivity index (χ0) is 11.5. The van der Waals surface area contributed by atoms with Gasteiger partial charge < -0.3 is 15.7 Å². The first kappa shape index (κ1) is 12.5. The van der Waals surface area contributed by atoms with Gasteiger partial charge in [-0.05, 0) is 32.6 Å². The minimum absolute atomic E-state index is 0.0334. The number of aliphatic hydroxyl groups is 1. The number of hydrogen-bond acceptors (Lipinski definition) is 3. The van der Waals surface area contributed by atoms with Crippen molar-refractivity contribution in [3.05, 3.63) is 0 Å². The Bertz CT molecular complexity index is 229. The summed E-state index contributed by atoms with van der Waals surface area (Å²) in [5.74, 6) is 0.598. The average molecular weight is 214 g/mol. The first-order valence-electron chi connectivity index (χ1n) is 5.61. The second kappa shape index (κ2) is 4.94. The van der Waals surface area contributed by atoms with Crippen LogP contribution in [0, 0.1) is 5.92 Å². The van der Waals surface area contributed by atoms with Crippen LogP contribution in [0.4, 0.5) is 0 Å². The molecule has 1 rings (SSSR count). The molecule has 4 nitrogen and oxygen atoms in total. The summed E-state index contributed by atoms with van der Waals surface area (Å²) in [4.78, 5) is 11.2. The Morgan fingerprint density at radius 3 is 2.60 bits per heavy atom. The van der Waals surface area contributed by atoms with Crippen molar-refractivity contribution in [3.8, 4) is 0 Å². The van der Waals surface area contributed by atoms with E-state index in [1.54, 1.807) is 7.05 Å². The molecule has 2 unspecified atom stereocenters. The van der Waals surface area contributed by atoms with E-state index in [1.165, 1.54) is 12.8 Å². The molecule has 1 aliphatic carbocycles. The highest BCUT2D eigenvalue weighted by atomic mass is 16.3. The quantitative estimate of drug-likeness (QED) is 0.594. The van der Waals surface area contributed by atoms with Crippen LogP contribution in [-0.4, -0.2) is 36.2 Å². The lowest BCUT2D eigenvalue weighted by molar-refractivity contribution is -0.121. The van der Waals surface area contributed by atoms with Crippen molar-refractivity contribution in [1.82, 2.24) is 10.6 Å². The summed E-state index contributed by atoms with van der Waals surface area (Å²) in [6.45, 7) is 4.15. The van der Waals surface area contributed by atoms with Crippen LogP contribution in [0.1, 0.15) is 33.1 Å². The summed E-state index contributed by atoms with van der Waals surface area (Å²) in [5.41, 5.74) is -0.215. The van der Waals surface area contributed by atoms with Gasteiger partial charge in [-0.25, -0.2) is 0 Å². The Kier molecular flexibility index (Phi) is 4.11. The highest BCUT2D eigenvalue weighted by Gasteiger charge is 2.41. The standard InChI is InChI=1S/C11H22N2O2/c1-8(6-10(15)12-3)13-11(2,7-14)9-4-5-9/h8-9,13-14H,4-7H2,1-3H3,(H,12,15). The minimum atomic E-state index is -0.215. The van der Waals surface area contributed by atoms with Crippen LogP contribution in [0.3, 0.4) is 0 Å². The zero-order valence-electron chi connectivity index (χ0n) is 9.84. The average Bonchev–Trinajstić information content (AvgIpc) is 3.00. The molecule has 1 saturated carbocycles. The normalized spacial score (nSPS) is 21.9. The second-order valence-corrected chi connectivity index (χ2v) is 4.77. The maximum Gasteiger partial charge on any atom is 0.221 e. The molecule has 15 heavy (non-hydrogen) atoms. The smallest absolute Gasteiger partial charge is 0.221 e. The summed E-state index contributed by atoms with van der Waals surface area (Å²) in [6.07, 6.45) is 2.81. The summed E-state index contributed by atoms with van der Waals surface area (Å²) in [7, 11) is 1.64. The molecule has 0 saturated heterocycles. The van der Waals surface area contributed by atoms with Gasteiger partial charge in [-0.15, -0.1) is 0 Å².